The van der Waals surface area contributed by atoms with Crippen molar-refractivity contribution < 1.29 is 4.79 Å². The van der Waals surface area contributed by atoms with Gasteiger partial charge in [-0.3, -0.25) is 0 Å². The minimum Gasteiger partial charge on any atom is -0.313 e. The van der Waals surface area contributed by atoms with Crippen molar-refractivity contribution in [3.05, 3.63) is 0 Å². The molecule has 82 valence electrons. The van der Waals surface area contributed by atoms with E-state index in [0.717, 1.165) is 19.0 Å². The molecule has 0 bridgehead atoms. The molecule has 0 spiro atoms. The summed E-state index contributed by atoms with van der Waals surface area (Å²) in [6.07, 6.45) is 8.56. The van der Waals surface area contributed by atoms with E-state index < -0.39 is 0 Å². The van der Waals surface area contributed by atoms with Gasteiger partial charge in [0, 0.05) is 18.0 Å². The minimum atomic E-state index is -0.192. The first-order valence-corrected chi connectivity index (χ1v) is 6.41. The number of rotatable bonds is 5. The van der Waals surface area contributed by atoms with Gasteiger partial charge in [0.1, 0.15) is 6.29 Å². The summed E-state index contributed by atoms with van der Waals surface area (Å²) >= 11 is 0. The Hall–Kier alpha value is 0.0600. The Morgan fingerprint density at radius 3 is 2.57 bits per heavy atom. The predicted octanol–water partition coefficient (Wildman–Crippen LogP) is 1.99. The molecule has 1 aliphatic carbocycles. The molecule has 0 aromatic heterocycles. The van der Waals surface area contributed by atoms with E-state index >= 15 is 0 Å². The summed E-state index contributed by atoms with van der Waals surface area (Å²) in [4.78, 5) is 10.9. The molecule has 1 fully saturated rings. The van der Waals surface area contributed by atoms with Crippen LogP contribution < -0.4 is 5.32 Å². The van der Waals surface area contributed by atoms with Gasteiger partial charge in [0.2, 0.25) is 0 Å². The summed E-state index contributed by atoms with van der Waals surface area (Å²) in [6, 6.07) is 0.652. The number of carbonyl (C=O) groups excluding carboxylic acids is 1. The lowest BCUT2D eigenvalue weighted by molar-refractivity contribution is -0.114. The molecule has 1 aliphatic rings. The van der Waals surface area contributed by atoms with Gasteiger partial charge in [0.15, 0.2) is 0 Å². The van der Waals surface area contributed by atoms with Gasteiger partial charge >= 0.3 is 0 Å². The second-order valence-electron chi connectivity index (χ2n) is 4.69. The molecule has 0 radical (unpaired) electrons. The highest BCUT2D eigenvalue weighted by molar-refractivity contribution is 7.16. The first-order chi connectivity index (χ1) is 6.70. The van der Waals surface area contributed by atoms with Crippen LogP contribution in [0.2, 0.25) is 0 Å². The highest BCUT2D eigenvalue weighted by Gasteiger charge is 2.23. The van der Waals surface area contributed by atoms with Crippen molar-refractivity contribution in [2.45, 2.75) is 45.1 Å². The predicted molar refractivity (Wildman–Crippen MR) is 63.6 cm³/mol. The van der Waals surface area contributed by atoms with Crippen LogP contribution in [0, 0.1) is 5.41 Å². The summed E-state index contributed by atoms with van der Waals surface area (Å²) in [7, 11) is 2.66. The van der Waals surface area contributed by atoms with Crippen LogP contribution in [0.1, 0.15) is 39.0 Å². The van der Waals surface area contributed by atoms with Crippen molar-refractivity contribution >= 4 is 15.5 Å². The first kappa shape index (κ1) is 12.1. The average Bonchev–Trinajstić information content (AvgIpc) is 2.27. The number of nitrogens with one attached hydrogen (secondary N) is 1. The molecule has 0 aliphatic heterocycles. The van der Waals surface area contributed by atoms with Gasteiger partial charge in [-0.2, -0.15) is 0 Å². The summed E-state index contributed by atoms with van der Waals surface area (Å²) in [5.41, 5.74) is -0.192. The maximum absolute atomic E-state index is 10.9. The standard InChI is InChI=1S/C11H22NOP/c1-11(8-13,9-14)7-12-10-5-3-2-4-6-10/h8,10,12H,2-7,9,14H2,1H3. The van der Waals surface area contributed by atoms with Crippen molar-refractivity contribution in [2.24, 2.45) is 5.41 Å². The highest BCUT2D eigenvalue weighted by Crippen LogP contribution is 2.20. The Balaban J connectivity index is 2.26. The molecule has 0 aromatic rings. The van der Waals surface area contributed by atoms with Gasteiger partial charge in [0.25, 0.3) is 0 Å². The molecule has 0 amide bonds. The van der Waals surface area contributed by atoms with Crippen LogP contribution in [-0.2, 0) is 4.79 Å². The molecule has 2 nitrogen and oxygen atoms in total. The van der Waals surface area contributed by atoms with Gasteiger partial charge < -0.3 is 10.1 Å². The second kappa shape index (κ2) is 5.82. The molecular formula is C11H22NOP. The summed E-state index contributed by atoms with van der Waals surface area (Å²) in [5.74, 6) is 0. The highest BCUT2D eigenvalue weighted by atomic mass is 31.0. The van der Waals surface area contributed by atoms with Gasteiger partial charge in [0.05, 0.1) is 0 Å². The van der Waals surface area contributed by atoms with E-state index in [9.17, 15) is 4.79 Å². The Morgan fingerprint density at radius 1 is 1.43 bits per heavy atom. The fraction of sp³-hybridized carbons (Fsp3) is 0.909. The number of aldehydes is 1. The van der Waals surface area contributed by atoms with Crippen LogP contribution in [0.15, 0.2) is 0 Å². The molecule has 0 aromatic carbocycles. The Bertz CT molecular complexity index is 180. The van der Waals surface area contributed by atoms with Crippen molar-refractivity contribution in [1.29, 1.82) is 0 Å². The van der Waals surface area contributed by atoms with E-state index in [4.69, 9.17) is 0 Å². The summed E-state index contributed by atoms with van der Waals surface area (Å²) in [5, 5.41) is 3.52. The summed E-state index contributed by atoms with van der Waals surface area (Å²) < 4.78 is 0. The molecule has 3 heteroatoms. The van der Waals surface area contributed by atoms with Crippen molar-refractivity contribution in [3.8, 4) is 0 Å². The van der Waals surface area contributed by atoms with Crippen LogP contribution in [0.4, 0.5) is 0 Å². The normalized spacial score (nSPS) is 23.0. The Labute approximate surface area is 89.4 Å². The fourth-order valence-electron chi connectivity index (χ4n) is 1.85. The van der Waals surface area contributed by atoms with Crippen molar-refractivity contribution in [3.63, 3.8) is 0 Å². The quantitative estimate of drug-likeness (QED) is 0.561. The maximum Gasteiger partial charge on any atom is 0.127 e. The number of hydrogen-bond acceptors (Lipinski definition) is 2. The SMILES string of the molecule is CC(C=O)(CP)CNC1CCCCC1. The lowest BCUT2D eigenvalue weighted by Gasteiger charge is -2.28. The maximum atomic E-state index is 10.9. The molecule has 2 atom stereocenters. The topological polar surface area (TPSA) is 29.1 Å². The fourth-order valence-corrected chi connectivity index (χ4v) is 2.09. The first-order valence-electron chi connectivity index (χ1n) is 5.60. The van der Waals surface area contributed by atoms with Gasteiger partial charge in [-0.25, -0.2) is 0 Å². The molecular weight excluding hydrogens is 193 g/mol. The monoisotopic (exact) mass is 215 g/mol. The third kappa shape index (κ3) is 3.67. The van der Waals surface area contributed by atoms with E-state index in [0.29, 0.717) is 6.04 Å². The zero-order chi connectivity index (χ0) is 10.4. The van der Waals surface area contributed by atoms with Gasteiger partial charge in [-0.15, -0.1) is 9.24 Å². The smallest absolute Gasteiger partial charge is 0.127 e. The average molecular weight is 215 g/mol. The number of carbonyl (C=O) groups is 1. The van der Waals surface area contributed by atoms with Crippen LogP contribution in [0.3, 0.4) is 0 Å². The molecule has 1 rings (SSSR count). The molecule has 2 unspecified atom stereocenters. The van der Waals surface area contributed by atoms with E-state index in [1.165, 1.54) is 32.1 Å². The third-order valence-electron chi connectivity index (χ3n) is 3.15. The molecule has 1 saturated carbocycles. The molecule has 1 N–H and O–H groups in total. The van der Waals surface area contributed by atoms with Crippen molar-refractivity contribution in [2.75, 3.05) is 12.7 Å². The van der Waals surface area contributed by atoms with Gasteiger partial charge in [-0.05, 0) is 19.0 Å². The zero-order valence-corrected chi connectivity index (χ0v) is 10.2. The molecule has 0 saturated heterocycles. The summed E-state index contributed by atoms with van der Waals surface area (Å²) in [6.45, 7) is 2.84. The molecule has 14 heavy (non-hydrogen) atoms. The van der Waals surface area contributed by atoms with Crippen LogP contribution in [0.25, 0.3) is 0 Å². The second-order valence-corrected chi connectivity index (χ2v) is 5.10. The van der Waals surface area contributed by atoms with Crippen LogP contribution in [0.5, 0.6) is 0 Å². The zero-order valence-electron chi connectivity index (χ0n) is 9.09. The molecule has 0 heterocycles. The van der Waals surface area contributed by atoms with Crippen molar-refractivity contribution in [1.82, 2.24) is 5.32 Å². The van der Waals surface area contributed by atoms with Gasteiger partial charge in [-0.1, -0.05) is 26.2 Å². The van der Waals surface area contributed by atoms with E-state index in [2.05, 4.69) is 14.6 Å². The van der Waals surface area contributed by atoms with Crippen LogP contribution >= 0.6 is 9.24 Å². The Morgan fingerprint density at radius 2 is 2.07 bits per heavy atom. The minimum absolute atomic E-state index is 0.192. The number of hydrogen-bond donors (Lipinski definition) is 1. The largest absolute Gasteiger partial charge is 0.313 e. The van der Waals surface area contributed by atoms with Crippen LogP contribution in [-0.4, -0.2) is 25.0 Å². The lowest BCUT2D eigenvalue weighted by Crippen LogP contribution is -2.41. The van der Waals surface area contributed by atoms with E-state index in [1.54, 1.807) is 0 Å². The lowest BCUT2D eigenvalue weighted by atomic mass is 9.92. The Kier molecular flexibility index (Phi) is 5.05. The van der Waals surface area contributed by atoms with E-state index in [-0.39, 0.29) is 5.41 Å². The van der Waals surface area contributed by atoms with E-state index in [1.807, 2.05) is 6.92 Å². The third-order valence-corrected chi connectivity index (χ3v) is 4.08.